The number of carbonyl (C=O) groups excluding carboxylic acids is 2. The molecule has 1 aliphatic rings. The second kappa shape index (κ2) is 9.81. The minimum atomic E-state index is -0.285. The third kappa shape index (κ3) is 5.51. The molecule has 4 heteroatoms. The molecule has 1 fully saturated rings. The Morgan fingerprint density at radius 2 is 1.18 bits per heavy atom. The molecule has 0 aromatic heterocycles. The first-order chi connectivity index (χ1) is 13.6. The van der Waals surface area contributed by atoms with E-state index in [4.69, 9.17) is 5.73 Å². The van der Waals surface area contributed by atoms with Crippen molar-refractivity contribution in [2.24, 2.45) is 5.73 Å². The molecular weight excluding hydrogens is 348 g/mol. The molecule has 2 aromatic rings. The molecule has 0 radical (unpaired) electrons. The van der Waals surface area contributed by atoms with Gasteiger partial charge in [0.15, 0.2) is 0 Å². The van der Waals surface area contributed by atoms with Crippen molar-refractivity contribution in [3.8, 4) is 0 Å². The van der Waals surface area contributed by atoms with Gasteiger partial charge in [-0.15, -0.1) is 0 Å². The first kappa shape index (κ1) is 19.8. The summed E-state index contributed by atoms with van der Waals surface area (Å²) in [7, 11) is 0. The van der Waals surface area contributed by atoms with E-state index in [0.29, 0.717) is 0 Å². The van der Waals surface area contributed by atoms with Crippen molar-refractivity contribution < 1.29 is 9.59 Å². The molecule has 28 heavy (non-hydrogen) atoms. The van der Waals surface area contributed by atoms with Gasteiger partial charge in [0.1, 0.15) is 0 Å². The number of hydrogen-bond acceptors (Lipinski definition) is 3. The van der Waals surface area contributed by atoms with Gasteiger partial charge < -0.3 is 5.73 Å². The lowest BCUT2D eigenvalue weighted by atomic mass is 9.90. The average Bonchev–Trinajstić information content (AvgIpc) is 2.74. The third-order valence-electron chi connectivity index (χ3n) is 5.02. The van der Waals surface area contributed by atoms with Crippen LogP contribution >= 0.6 is 0 Å². The first-order valence-electron chi connectivity index (χ1n) is 9.72. The molecule has 2 N–H and O–H groups in total. The summed E-state index contributed by atoms with van der Waals surface area (Å²) in [5.74, 6) is -0.570. The second-order valence-electron chi connectivity index (χ2n) is 7.10. The van der Waals surface area contributed by atoms with Crippen molar-refractivity contribution in [2.45, 2.75) is 37.8 Å². The van der Waals surface area contributed by atoms with Crippen LogP contribution < -0.4 is 5.73 Å². The fourth-order valence-electron chi connectivity index (χ4n) is 3.45. The fourth-order valence-corrected chi connectivity index (χ4v) is 3.45. The summed E-state index contributed by atoms with van der Waals surface area (Å²) in [6.07, 6.45) is 9.61. The minimum absolute atomic E-state index is 0.111. The topological polar surface area (TPSA) is 63.4 Å². The molecule has 144 valence electrons. The maximum Gasteiger partial charge on any atom is 0.253 e. The Bertz CT molecular complexity index is 774. The number of rotatable bonds is 5. The molecule has 2 aromatic carbocycles. The molecule has 0 heterocycles. The molecule has 1 saturated carbocycles. The van der Waals surface area contributed by atoms with Gasteiger partial charge in [-0.25, -0.2) is 0 Å². The standard InChI is InChI=1S/C24H26N2O2/c25-21-13-15-22(16-14-21)26(23(27)17-11-19-7-3-1-4-8-19)24(28)18-12-20-9-5-2-6-10-20/h1-12,17-18,21-22H,13-16,25H2. The number of carbonyl (C=O) groups is 2. The van der Waals surface area contributed by atoms with Crippen molar-refractivity contribution in [3.05, 3.63) is 83.9 Å². The molecule has 0 aliphatic heterocycles. The summed E-state index contributed by atoms with van der Waals surface area (Å²) >= 11 is 0. The maximum atomic E-state index is 12.9. The van der Waals surface area contributed by atoms with Crippen LogP contribution in [0.5, 0.6) is 0 Å². The van der Waals surface area contributed by atoms with Crippen LogP contribution in [0.3, 0.4) is 0 Å². The molecule has 3 rings (SSSR count). The summed E-state index contributed by atoms with van der Waals surface area (Å²) in [5, 5.41) is 0. The van der Waals surface area contributed by atoms with Gasteiger partial charge in [-0.3, -0.25) is 14.5 Å². The lowest BCUT2D eigenvalue weighted by Gasteiger charge is -2.33. The molecule has 0 spiro atoms. The van der Waals surface area contributed by atoms with E-state index in [2.05, 4.69) is 0 Å². The van der Waals surface area contributed by atoms with Crippen molar-refractivity contribution in [2.75, 3.05) is 0 Å². The summed E-state index contributed by atoms with van der Waals surface area (Å²) in [5.41, 5.74) is 7.85. The van der Waals surface area contributed by atoms with Gasteiger partial charge in [0.25, 0.3) is 11.8 Å². The van der Waals surface area contributed by atoms with Crippen molar-refractivity contribution in [1.29, 1.82) is 0 Å². The lowest BCUT2D eigenvalue weighted by molar-refractivity contribution is -0.142. The molecule has 0 saturated heterocycles. The van der Waals surface area contributed by atoms with E-state index in [9.17, 15) is 9.59 Å². The molecule has 4 nitrogen and oxygen atoms in total. The van der Waals surface area contributed by atoms with Gasteiger partial charge in [0, 0.05) is 24.2 Å². The third-order valence-corrected chi connectivity index (χ3v) is 5.02. The molecule has 2 amide bonds. The van der Waals surface area contributed by atoms with Crippen LogP contribution in [0.2, 0.25) is 0 Å². The van der Waals surface area contributed by atoms with Crippen LogP contribution in [-0.2, 0) is 9.59 Å². The van der Waals surface area contributed by atoms with Crippen LogP contribution in [0.1, 0.15) is 36.8 Å². The summed E-state index contributed by atoms with van der Waals surface area (Å²) in [4.78, 5) is 27.2. The van der Waals surface area contributed by atoms with Crippen LogP contribution in [0.4, 0.5) is 0 Å². The Morgan fingerprint density at radius 3 is 1.61 bits per heavy atom. The van der Waals surface area contributed by atoms with E-state index in [1.807, 2.05) is 60.7 Å². The van der Waals surface area contributed by atoms with Gasteiger partial charge in [0.2, 0.25) is 0 Å². The number of nitrogens with two attached hydrogens (primary N) is 1. The number of benzene rings is 2. The zero-order valence-electron chi connectivity index (χ0n) is 15.9. The van der Waals surface area contributed by atoms with E-state index in [-0.39, 0.29) is 23.9 Å². The van der Waals surface area contributed by atoms with E-state index < -0.39 is 0 Å². The smallest absolute Gasteiger partial charge is 0.253 e. The number of amides is 2. The number of nitrogens with zero attached hydrogens (tertiary/aromatic N) is 1. The van der Waals surface area contributed by atoms with Crippen LogP contribution in [0.25, 0.3) is 12.2 Å². The summed E-state index contributed by atoms with van der Waals surface area (Å²) < 4.78 is 0. The van der Waals surface area contributed by atoms with Gasteiger partial charge in [-0.1, -0.05) is 60.7 Å². The van der Waals surface area contributed by atoms with E-state index >= 15 is 0 Å². The largest absolute Gasteiger partial charge is 0.328 e. The normalized spacial score (nSPS) is 19.8. The Labute approximate surface area is 166 Å². The quantitative estimate of drug-likeness (QED) is 0.804. The van der Waals surface area contributed by atoms with Gasteiger partial charge in [0.05, 0.1) is 0 Å². The first-order valence-corrected chi connectivity index (χ1v) is 9.72. The highest BCUT2D eigenvalue weighted by atomic mass is 16.2. The molecule has 0 bridgehead atoms. The van der Waals surface area contributed by atoms with Crippen molar-refractivity contribution in [1.82, 2.24) is 4.90 Å². The highest BCUT2D eigenvalue weighted by molar-refractivity contribution is 6.08. The molecule has 0 atom stereocenters. The van der Waals surface area contributed by atoms with E-state index in [1.54, 1.807) is 12.2 Å². The Hall–Kier alpha value is -2.98. The fraction of sp³-hybridized carbons (Fsp3) is 0.250. The van der Waals surface area contributed by atoms with E-state index in [1.165, 1.54) is 17.1 Å². The molecular formula is C24H26N2O2. The van der Waals surface area contributed by atoms with Crippen molar-refractivity contribution in [3.63, 3.8) is 0 Å². The van der Waals surface area contributed by atoms with Crippen LogP contribution in [0, 0.1) is 0 Å². The lowest BCUT2D eigenvalue weighted by Crippen LogP contribution is -2.46. The Morgan fingerprint density at radius 1 is 0.750 bits per heavy atom. The van der Waals surface area contributed by atoms with E-state index in [0.717, 1.165) is 36.8 Å². The number of hydrogen-bond donors (Lipinski definition) is 1. The maximum absolute atomic E-state index is 12.9. The zero-order chi connectivity index (χ0) is 19.8. The monoisotopic (exact) mass is 374 g/mol. The average molecular weight is 374 g/mol. The second-order valence-corrected chi connectivity index (χ2v) is 7.10. The highest BCUT2D eigenvalue weighted by Gasteiger charge is 2.30. The zero-order valence-corrected chi connectivity index (χ0v) is 15.9. The van der Waals surface area contributed by atoms with Crippen LogP contribution in [0.15, 0.2) is 72.8 Å². The SMILES string of the molecule is NC1CCC(N(C(=O)C=Cc2ccccc2)C(=O)C=Cc2ccccc2)CC1. The Kier molecular flexibility index (Phi) is 6.93. The van der Waals surface area contributed by atoms with Crippen LogP contribution in [-0.4, -0.2) is 28.8 Å². The number of imide groups is 1. The highest BCUT2D eigenvalue weighted by Crippen LogP contribution is 2.23. The van der Waals surface area contributed by atoms with Crippen molar-refractivity contribution >= 4 is 24.0 Å². The van der Waals surface area contributed by atoms with Gasteiger partial charge in [-0.05, 0) is 49.0 Å². The molecule has 0 unspecified atom stereocenters. The summed E-state index contributed by atoms with van der Waals surface area (Å²) in [6.45, 7) is 0. The minimum Gasteiger partial charge on any atom is -0.328 e. The summed E-state index contributed by atoms with van der Waals surface area (Å²) in [6, 6.07) is 19.2. The molecule has 1 aliphatic carbocycles. The van der Waals surface area contributed by atoms with Gasteiger partial charge in [-0.2, -0.15) is 0 Å². The van der Waals surface area contributed by atoms with Gasteiger partial charge >= 0.3 is 0 Å². The predicted octanol–water partition coefficient (Wildman–Crippen LogP) is 4.04. The predicted molar refractivity (Wildman–Crippen MR) is 113 cm³/mol. The Balaban J connectivity index is 1.78.